The van der Waals surface area contributed by atoms with Crippen molar-refractivity contribution in [2.24, 2.45) is 0 Å². The lowest BCUT2D eigenvalue weighted by molar-refractivity contribution is -0.123. The molecule has 122 valence electrons. The molecule has 0 spiro atoms. The van der Waals surface area contributed by atoms with Crippen LogP contribution in [0.5, 0.6) is 17.2 Å². The van der Waals surface area contributed by atoms with Crippen molar-refractivity contribution in [2.45, 2.75) is 13.0 Å². The highest BCUT2D eigenvalue weighted by atomic mass is 16.5. The first-order valence-electron chi connectivity index (χ1n) is 7.32. The minimum atomic E-state index is -0.184. The molecule has 0 fully saturated rings. The Morgan fingerprint density at radius 1 is 1.00 bits per heavy atom. The molecule has 0 radical (unpaired) electrons. The summed E-state index contributed by atoms with van der Waals surface area (Å²) in [7, 11) is 3.21. The van der Waals surface area contributed by atoms with E-state index >= 15 is 0 Å². The zero-order valence-corrected chi connectivity index (χ0v) is 13.5. The van der Waals surface area contributed by atoms with E-state index in [1.807, 2.05) is 43.3 Å². The van der Waals surface area contributed by atoms with E-state index < -0.39 is 0 Å². The van der Waals surface area contributed by atoms with Crippen molar-refractivity contribution >= 4 is 5.91 Å². The van der Waals surface area contributed by atoms with Gasteiger partial charge in [0.2, 0.25) is 0 Å². The first-order chi connectivity index (χ1) is 11.1. The van der Waals surface area contributed by atoms with E-state index in [0.29, 0.717) is 11.5 Å². The van der Waals surface area contributed by atoms with Gasteiger partial charge in [0.25, 0.3) is 5.91 Å². The maximum atomic E-state index is 12.0. The van der Waals surface area contributed by atoms with Gasteiger partial charge >= 0.3 is 0 Å². The van der Waals surface area contributed by atoms with Crippen molar-refractivity contribution in [3.63, 3.8) is 0 Å². The van der Waals surface area contributed by atoms with Gasteiger partial charge in [0.1, 0.15) is 17.2 Å². The number of hydrogen-bond acceptors (Lipinski definition) is 4. The third-order valence-electron chi connectivity index (χ3n) is 3.40. The van der Waals surface area contributed by atoms with Gasteiger partial charge in [-0.1, -0.05) is 18.2 Å². The average Bonchev–Trinajstić information content (AvgIpc) is 2.60. The zero-order valence-electron chi connectivity index (χ0n) is 13.5. The summed E-state index contributed by atoms with van der Waals surface area (Å²) >= 11 is 0. The lowest BCUT2D eigenvalue weighted by atomic mass is 10.1. The van der Waals surface area contributed by atoms with Crippen molar-refractivity contribution in [2.75, 3.05) is 20.8 Å². The maximum Gasteiger partial charge on any atom is 0.258 e. The molecule has 2 aromatic rings. The summed E-state index contributed by atoms with van der Waals surface area (Å²) in [4.78, 5) is 12.0. The van der Waals surface area contributed by atoms with E-state index in [1.54, 1.807) is 26.4 Å². The summed E-state index contributed by atoms with van der Waals surface area (Å²) in [6.45, 7) is 1.87. The van der Waals surface area contributed by atoms with Gasteiger partial charge in [-0.25, -0.2) is 0 Å². The van der Waals surface area contributed by atoms with Crippen molar-refractivity contribution in [3.8, 4) is 17.2 Å². The van der Waals surface area contributed by atoms with Crippen molar-refractivity contribution in [3.05, 3.63) is 54.1 Å². The monoisotopic (exact) mass is 315 g/mol. The Kier molecular flexibility index (Phi) is 5.86. The van der Waals surface area contributed by atoms with E-state index in [2.05, 4.69) is 5.32 Å². The second kappa shape index (κ2) is 8.08. The fourth-order valence-electron chi connectivity index (χ4n) is 2.10. The van der Waals surface area contributed by atoms with Gasteiger partial charge in [0, 0.05) is 6.07 Å². The fraction of sp³-hybridized carbons (Fsp3) is 0.278. The highest BCUT2D eigenvalue weighted by Gasteiger charge is 2.10. The molecule has 1 amide bonds. The molecular weight excluding hydrogens is 294 g/mol. The van der Waals surface area contributed by atoms with Gasteiger partial charge in [0.15, 0.2) is 6.61 Å². The molecule has 1 N–H and O–H groups in total. The number of carbonyl (C=O) groups is 1. The lowest BCUT2D eigenvalue weighted by Gasteiger charge is -2.15. The lowest BCUT2D eigenvalue weighted by Crippen LogP contribution is -2.31. The van der Waals surface area contributed by atoms with Crippen LogP contribution < -0.4 is 19.5 Å². The predicted octanol–water partition coefficient (Wildman–Crippen LogP) is 2.96. The molecule has 0 aliphatic carbocycles. The molecule has 2 aromatic carbocycles. The highest BCUT2D eigenvalue weighted by molar-refractivity contribution is 5.78. The smallest absolute Gasteiger partial charge is 0.258 e. The predicted molar refractivity (Wildman–Crippen MR) is 88.0 cm³/mol. The van der Waals surface area contributed by atoms with Crippen LogP contribution in [0.4, 0.5) is 0 Å². The maximum absolute atomic E-state index is 12.0. The Morgan fingerprint density at radius 2 is 1.65 bits per heavy atom. The quantitative estimate of drug-likeness (QED) is 0.853. The van der Waals surface area contributed by atoms with Crippen LogP contribution in [0.2, 0.25) is 0 Å². The number of carbonyl (C=O) groups excluding carboxylic acids is 1. The number of methoxy groups -OCH3 is 2. The third kappa shape index (κ3) is 4.92. The molecule has 0 heterocycles. The first kappa shape index (κ1) is 16.7. The number of nitrogens with one attached hydrogen (secondary N) is 1. The number of amides is 1. The van der Waals surface area contributed by atoms with Crippen LogP contribution in [-0.2, 0) is 4.79 Å². The number of benzene rings is 2. The molecule has 0 unspecified atom stereocenters. The minimum absolute atomic E-state index is 0.0480. The normalized spacial score (nSPS) is 11.4. The molecule has 0 bridgehead atoms. The standard InChI is InChI=1S/C18H21NO4/c1-13(14-7-9-15(21-2)10-8-14)19-18(20)12-23-17-6-4-5-16(11-17)22-3/h4-11,13H,12H2,1-3H3,(H,19,20)/t13-/m1/s1. The van der Waals surface area contributed by atoms with E-state index in [1.165, 1.54) is 0 Å². The second-order valence-corrected chi connectivity index (χ2v) is 5.03. The topological polar surface area (TPSA) is 56.8 Å². The second-order valence-electron chi connectivity index (χ2n) is 5.03. The van der Waals surface area contributed by atoms with Crippen LogP contribution in [0.3, 0.4) is 0 Å². The summed E-state index contributed by atoms with van der Waals surface area (Å²) in [6.07, 6.45) is 0. The fourth-order valence-corrected chi connectivity index (χ4v) is 2.10. The Labute approximate surface area is 136 Å². The zero-order chi connectivity index (χ0) is 16.7. The van der Waals surface area contributed by atoms with Gasteiger partial charge in [-0.2, -0.15) is 0 Å². The number of hydrogen-bond donors (Lipinski definition) is 1. The van der Waals surface area contributed by atoms with Crippen molar-refractivity contribution in [1.29, 1.82) is 0 Å². The molecule has 2 rings (SSSR count). The first-order valence-corrected chi connectivity index (χ1v) is 7.32. The minimum Gasteiger partial charge on any atom is -0.497 e. The van der Waals surface area contributed by atoms with E-state index in [-0.39, 0.29) is 18.6 Å². The van der Waals surface area contributed by atoms with E-state index in [9.17, 15) is 4.79 Å². The molecule has 1 atom stereocenters. The molecule has 0 aliphatic rings. The summed E-state index contributed by atoms with van der Waals surface area (Å²) in [5, 5.41) is 2.90. The molecule has 0 aromatic heterocycles. The van der Waals surface area contributed by atoms with E-state index in [4.69, 9.17) is 14.2 Å². The largest absolute Gasteiger partial charge is 0.497 e. The van der Waals surface area contributed by atoms with Gasteiger partial charge in [0.05, 0.1) is 20.3 Å². The SMILES string of the molecule is COc1ccc([C@@H](C)NC(=O)COc2cccc(OC)c2)cc1. The molecule has 0 saturated heterocycles. The summed E-state index contributed by atoms with van der Waals surface area (Å²) < 4.78 is 15.7. The summed E-state index contributed by atoms with van der Waals surface area (Å²) in [5.74, 6) is 1.89. The number of ether oxygens (including phenoxy) is 3. The Balaban J connectivity index is 1.85. The molecule has 0 aliphatic heterocycles. The molecular formula is C18H21NO4. The Bertz CT molecular complexity index is 640. The molecule has 5 heteroatoms. The molecule has 0 saturated carbocycles. The Morgan fingerprint density at radius 3 is 2.30 bits per heavy atom. The highest BCUT2D eigenvalue weighted by Crippen LogP contribution is 2.19. The van der Waals surface area contributed by atoms with Crippen LogP contribution in [0.15, 0.2) is 48.5 Å². The average molecular weight is 315 g/mol. The van der Waals surface area contributed by atoms with Crippen LogP contribution in [0.1, 0.15) is 18.5 Å². The third-order valence-corrected chi connectivity index (χ3v) is 3.40. The summed E-state index contributed by atoms with van der Waals surface area (Å²) in [5.41, 5.74) is 1.00. The van der Waals surface area contributed by atoms with Gasteiger partial charge < -0.3 is 19.5 Å². The number of rotatable bonds is 7. The van der Waals surface area contributed by atoms with Crippen molar-refractivity contribution in [1.82, 2.24) is 5.32 Å². The van der Waals surface area contributed by atoms with Gasteiger partial charge in [-0.05, 0) is 36.8 Å². The van der Waals surface area contributed by atoms with Gasteiger partial charge in [-0.15, -0.1) is 0 Å². The van der Waals surface area contributed by atoms with Crippen molar-refractivity contribution < 1.29 is 19.0 Å². The van der Waals surface area contributed by atoms with E-state index in [0.717, 1.165) is 11.3 Å². The van der Waals surface area contributed by atoms with Gasteiger partial charge in [-0.3, -0.25) is 4.79 Å². The van der Waals surface area contributed by atoms with Crippen LogP contribution >= 0.6 is 0 Å². The van der Waals surface area contributed by atoms with Crippen LogP contribution in [0.25, 0.3) is 0 Å². The summed E-state index contributed by atoms with van der Waals surface area (Å²) in [6, 6.07) is 14.6. The van der Waals surface area contributed by atoms with Crippen LogP contribution in [-0.4, -0.2) is 26.7 Å². The van der Waals surface area contributed by atoms with Crippen LogP contribution in [0, 0.1) is 0 Å². The molecule has 23 heavy (non-hydrogen) atoms. The Hall–Kier alpha value is -2.69. The molecule has 5 nitrogen and oxygen atoms in total.